The molecule has 0 radical (unpaired) electrons. The fourth-order valence-corrected chi connectivity index (χ4v) is 1.49. The number of nitrogens with one attached hydrogen (secondary N) is 2. The molecule has 0 amide bonds. The molecular formula is C12H17N5O. The van der Waals surface area contributed by atoms with Gasteiger partial charge in [0.2, 0.25) is 5.89 Å². The fourth-order valence-electron chi connectivity index (χ4n) is 1.49. The van der Waals surface area contributed by atoms with E-state index in [4.69, 9.17) is 4.42 Å². The zero-order valence-electron chi connectivity index (χ0n) is 10.4. The Morgan fingerprint density at radius 1 is 1.33 bits per heavy atom. The molecule has 6 heteroatoms. The van der Waals surface area contributed by atoms with Gasteiger partial charge >= 0.3 is 6.01 Å². The number of nitrogens with zero attached hydrogens (tertiary/aromatic N) is 3. The van der Waals surface area contributed by atoms with E-state index in [1.165, 1.54) is 5.56 Å². The van der Waals surface area contributed by atoms with Crippen molar-refractivity contribution < 1.29 is 4.42 Å². The van der Waals surface area contributed by atoms with Crippen molar-refractivity contribution in [3.8, 4) is 0 Å². The van der Waals surface area contributed by atoms with Crippen LogP contribution >= 0.6 is 0 Å². The first-order valence-electron chi connectivity index (χ1n) is 6.04. The number of rotatable bonds is 7. The summed E-state index contributed by atoms with van der Waals surface area (Å²) in [7, 11) is 0. The van der Waals surface area contributed by atoms with Crippen LogP contribution < -0.4 is 10.6 Å². The van der Waals surface area contributed by atoms with Gasteiger partial charge < -0.3 is 15.1 Å². The SMILES string of the molecule is CCNCc1nnc(NCCc2cccnc2)o1. The molecule has 2 aromatic rings. The fraction of sp³-hybridized carbons (Fsp3) is 0.417. The second-order valence-corrected chi connectivity index (χ2v) is 3.82. The third-order valence-corrected chi connectivity index (χ3v) is 2.41. The third-order valence-electron chi connectivity index (χ3n) is 2.41. The summed E-state index contributed by atoms with van der Waals surface area (Å²) >= 11 is 0. The standard InChI is InChI=1S/C12H17N5O/c1-2-13-9-11-16-17-12(18-11)15-7-5-10-4-3-6-14-8-10/h3-4,6,8,13H,2,5,7,9H2,1H3,(H,15,17). The Morgan fingerprint density at radius 2 is 2.28 bits per heavy atom. The predicted octanol–water partition coefficient (Wildman–Crippen LogP) is 1.23. The smallest absolute Gasteiger partial charge is 0.315 e. The lowest BCUT2D eigenvalue weighted by molar-refractivity contribution is 0.481. The quantitative estimate of drug-likeness (QED) is 0.766. The van der Waals surface area contributed by atoms with Crippen molar-refractivity contribution in [2.24, 2.45) is 0 Å². The summed E-state index contributed by atoms with van der Waals surface area (Å²) in [5, 5.41) is 14.1. The Labute approximate surface area is 106 Å². The molecule has 0 aliphatic heterocycles. The summed E-state index contributed by atoms with van der Waals surface area (Å²) in [4.78, 5) is 4.06. The van der Waals surface area contributed by atoms with Crippen LogP contribution in [0.25, 0.3) is 0 Å². The Hall–Kier alpha value is -1.95. The average molecular weight is 247 g/mol. The molecule has 0 atom stereocenters. The van der Waals surface area contributed by atoms with E-state index in [1.54, 1.807) is 6.20 Å². The highest BCUT2D eigenvalue weighted by atomic mass is 16.4. The van der Waals surface area contributed by atoms with Crippen molar-refractivity contribution in [1.82, 2.24) is 20.5 Å². The van der Waals surface area contributed by atoms with Gasteiger partial charge in [0.15, 0.2) is 0 Å². The van der Waals surface area contributed by atoms with Crippen molar-refractivity contribution in [3.63, 3.8) is 0 Å². The Bertz CT molecular complexity index is 457. The minimum absolute atomic E-state index is 0.465. The molecule has 0 saturated heterocycles. The molecule has 2 rings (SSSR count). The van der Waals surface area contributed by atoms with Crippen LogP contribution in [-0.4, -0.2) is 28.3 Å². The molecule has 0 saturated carbocycles. The van der Waals surface area contributed by atoms with E-state index in [9.17, 15) is 0 Å². The second-order valence-electron chi connectivity index (χ2n) is 3.82. The molecule has 18 heavy (non-hydrogen) atoms. The molecule has 6 nitrogen and oxygen atoms in total. The van der Waals surface area contributed by atoms with Crippen LogP contribution in [0.3, 0.4) is 0 Å². The summed E-state index contributed by atoms with van der Waals surface area (Å²) in [5.74, 6) is 0.598. The minimum atomic E-state index is 0.465. The minimum Gasteiger partial charge on any atom is -0.407 e. The number of aromatic nitrogens is 3. The van der Waals surface area contributed by atoms with E-state index in [-0.39, 0.29) is 0 Å². The van der Waals surface area contributed by atoms with Crippen molar-refractivity contribution in [2.75, 3.05) is 18.4 Å². The topological polar surface area (TPSA) is 75.9 Å². The lowest BCUT2D eigenvalue weighted by Gasteiger charge is -2.00. The molecule has 0 spiro atoms. The van der Waals surface area contributed by atoms with Gasteiger partial charge in [-0.2, -0.15) is 0 Å². The van der Waals surface area contributed by atoms with Gasteiger partial charge in [0.25, 0.3) is 0 Å². The summed E-state index contributed by atoms with van der Waals surface area (Å²) < 4.78 is 5.41. The van der Waals surface area contributed by atoms with Gasteiger partial charge in [-0.3, -0.25) is 4.98 Å². The van der Waals surface area contributed by atoms with Crippen LogP contribution in [0, 0.1) is 0 Å². The average Bonchev–Trinajstić information content (AvgIpc) is 2.85. The molecule has 0 aliphatic carbocycles. The zero-order valence-corrected chi connectivity index (χ0v) is 10.4. The van der Waals surface area contributed by atoms with Gasteiger partial charge in [-0.05, 0) is 24.6 Å². The molecule has 96 valence electrons. The Balaban J connectivity index is 1.75. The van der Waals surface area contributed by atoms with Gasteiger partial charge in [-0.15, -0.1) is 5.10 Å². The van der Waals surface area contributed by atoms with E-state index in [1.807, 2.05) is 25.3 Å². The molecule has 0 aromatic carbocycles. The maximum absolute atomic E-state index is 5.41. The van der Waals surface area contributed by atoms with Crippen molar-refractivity contribution >= 4 is 6.01 Å². The van der Waals surface area contributed by atoms with Crippen LogP contribution in [0.15, 0.2) is 28.9 Å². The third kappa shape index (κ3) is 3.81. The van der Waals surface area contributed by atoms with Crippen molar-refractivity contribution in [1.29, 1.82) is 0 Å². The molecular weight excluding hydrogens is 230 g/mol. The van der Waals surface area contributed by atoms with E-state index in [2.05, 4.69) is 25.8 Å². The molecule has 0 fully saturated rings. The van der Waals surface area contributed by atoms with Gasteiger partial charge in [-0.1, -0.05) is 18.1 Å². The van der Waals surface area contributed by atoms with Crippen LogP contribution in [0.5, 0.6) is 0 Å². The molecule has 0 aliphatic rings. The summed E-state index contributed by atoms with van der Waals surface area (Å²) in [6, 6.07) is 4.43. The maximum Gasteiger partial charge on any atom is 0.315 e. The van der Waals surface area contributed by atoms with Crippen LogP contribution in [0.1, 0.15) is 18.4 Å². The van der Waals surface area contributed by atoms with E-state index in [0.717, 1.165) is 19.5 Å². The second kappa shape index (κ2) is 6.70. The molecule has 2 N–H and O–H groups in total. The largest absolute Gasteiger partial charge is 0.407 e. The normalized spacial score (nSPS) is 10.5. The van der Waals surface area contributed by atoms with E-state index in [0.29, 0.717) is 18.5 Å². The Kier molecular flexibility index (Phi) is 4.66. The van der Waals surface area contributed by atoms with E-state index < -0.39 is 0 Å². The Morgan fingerprint density at radius 3 is 3.06 bits per heavy atom. The van der Waals surface area contributed by atoms with Crippen LogP contribution in [-0.2, 0) is 13.0 Å². The van der Waals surface area contributed by atoms with E-state index >= 15 is 0 Å². The van der Waals surface area contributed by atoms with Crippen molar-refractivity contribution in [3.05, 3.63) is 36.0 Å². The van der Waals surface area contributed by atoms with Gasteiger partial charge in [0, 0.05) is 18.9 Å². The van der Waals surface area contributed by atoms with Gasteiger partial charge in [0.05, 0.1) is 6.54 Å². The summed E-state index contributed by atoms with van der Waals surface area (Å²) in [6.07, 6.45) is 4.49. The first kappa shape index (κ1) is 12.5. The van der Waals surface area contributed by atoms with Crippen LogP contribution in [0.2, 0.25) is 0 Å². The summed E-state index contributed by atoms with van der Waals surface area (Å²) in [5.41, 5.74) is 1.18. The summed E-state index contributed by atoms with van der Waals surface area (Å²) in [6.45, 7) is 4.26. The van der Waals surface area contributed by atoms with Gasteiger partial charge in [-0.25, -0.2) is 0 Å². The first-order valence-corrected chi connectivity index (χ1v) is 6.04. The number of pyridine rings is 1. The molecule has 0 unspecified atom stereocenters. The molecule has 2 heterocycles. The molecule has 0 bridgehead atoms. The van der Waals surface area contributed by atoms with Crippen molar-refractivity contribution in [2.45, 2.75) is 19.9 Å². The van der Waals surface area contributed by atoms with Gasteiger partial charge in [0.1, 0.15) is 0 Å². The monoisotopic (exact) mass is 247 g/mol. The lowest BCUT2D eigenvalue weighted by Crippen LogP contribution is -2.11. The maximum atomic E-state index is 5.41. The first-order chi connectivity index (χ1) is 8.88. The van der Waals surface area contributed by atoms with Crippen LogP contribution in [0.4, 0.5) is 6.01 Å². The zero-order chi connectivity index (χ0) is 12.6. The molecule has 2 aromatic heterocycles. The number of anilines is 1. The highest BCUT2D eigenvalue weighted by Crippen LogP contribution is 2.05. The predicted molar refractivity (Wildman–Crippen MR) is 68.1 cm³/mol. The highest BCUT2D eigenvalue weighted by molar-refractivity contribution is 5.18. The lowest BCUT2D eigenvalue weighted by atomic mass is 10.2. The highest BCUT2D eigenvalue weighted by Gasteiger charge is 2.04. The number of hydrogen-bond acceptors (Lipinski definition) is 6. The number of hydrogen-bond donors (Lipinski definition) is 2.